The third-order valence-electron chi connectivity index (χ3n) is 3.89. The largest absolute Gasteiger partial charge is 0.356 e. The Morgan fingerprint density at radius 3 is 2.84 bits per heavy atom. The zero-order chi connectivity index (χ0) is 13.4. The molecular formula is C15H17FN2O. The van der Waals surface area contributed by atoms with Crippen LogP contribution in [0.4, 0.5) is 4.39 Å². The first kappa shape index (κ1) is 12.2. The lowest BCUT2D eigenvalue weighted by molar-refractivity contribution is 0.0939. The Morgan fingerprint density at radius 1 is 1.37 bits per heavy atom. The molecule has 1 aromatic heterocycles. The van der Waals surface area contributed by atoms with E-state index in [1.165, 1.54) is 18.9 Å². The first-order valence-electron chi connectivity index (χ1n) is 6.74. The minimum absolute atomic E-state index is 0.0961. The van der Waals surface area contributed by atoms with E-state index in [-0.39, 0.29) is 17.8 Å². The van der Waals surface area contributed by atoms with E-state index in [0.717, 1.165) is 18.5 Å². The van der Waals surface area contributed by atoms with Gasteiger partial charge in [-0.25, -0.2) is 4.39 Å². The number of amides is 1. The number of nitrogens with one attached hydrogen (secondary N) is 2. The summed E-state index contributed by atoms with van der Waals surface area (Å²) in [4.78, 5) is 15.3. The maximum Gasteiger partial charge on any atom is 0.253 e. The maximum absolute atomic E-state index is 13.7. The van der Waals surface area contributed by atoms with E-state index in [1.54, 1.807) is 12.1 Å². The van der Waals surface area contributed by atoms with Crippen molar-refractivity contribution < 1.29 is 9.18 Å². The summed E-state index contributed by atoms with van der Waals surface area (Å²) in [7, 11) is 0. The zero-order valence-electron chi connectivity index (χ0n) is 10.9. The Bertz CT molecular complexity index is 626. The minimum atomic E-state index is -0.319. The molecule has 100 valence electrons. The smallest absolute Gasteiger partial charge is 0.253 e. The Kier molecular flexibility index (Phi) is 3.01. The second kappa shape index (κ2) is 4.68. The topological polar surface area (TPSA) is 44.9 Å². The molecular weight excluding hydrogens is 243 g/mol. The van der Waals surface area contributed by atoms with E-state index in [2.05, 4.69) is 10.3 Å². The highest BCUT2D eigenvalue weighted by Gasteiger charge is 2.22. The predicted octanol–water partition coefficient (Wildman–Crippen LogP) is 3.29. The molecule has 1 heterocycles. The first-order valence-corrected chi connectivity index (χ1v) is 6.74. The minimum Gasteiger partial charge on any atom is -0.356 e. The molecule has 4 heteroatoms. The van der Waals surface area contributed by atoms with E-state index in [0.29, 0.717) is 16.5 Å². The van der Waals surface area contributed by atoms with Crippen molar-refractivity contribution in [3.8, 4) is 0 Å². The van der Waals surface area contributed by atoms with Crippen molar-refractivity contribution in [1.29, 1.82) is 0 Å². The van der Waals surface area contributed by atoms with Crippen LogP contribution < -0.4 is 5.32 Å². The molecule has 2 aromatic rings. The van der Waals surface area contributed by atoms with Crippen molar-refractivity contribution >= 4 is 16.8 Å². The molecule has 0 spiro atoms. The van der Waals surface area contributed by atoms with Gasteiger partial charge in [-0.2, -0.15) is 0 Å². The number of benzene rings is 1. The Morgan fingerprint density at radius 2 is 2.11 bits per heavy atom. The third-order valence-corrected chi connectivity index (χ3v) is 3.89. The number of fused-ring (bicyclic) bond motifs is 1. The molecule has 0 bridgehead atoms. The molecule has 1 aliphatic rings. The number of hydrogen-bond donors (Lipinski definition) is 2. The van der Waals surface area contributed by atoms with Gasteiger partial charge in [0.1, 0.15) is 5.82 Å². The van der Waals surface area contributed by atoms with Crippen LogP contribution in [-0.2, 0) is 0 Å². The Hall–Kier alpha value is -1.84. The average Bonchev–Trinajstić information content (AvgIpc) is 2.96. The fourth-order valence-corrected chi connectivity index (χ4v) is 2.93. The number of halogens is 1. The summed E-state index contributed by atoms with van der Waals surface area (Å²) in [6.45, 7) is 1.81. The third kappa shape index (κ3) is 2.11. The van der Waals surface area contributed by atoms with Crippen LogP contribution in [0.15, 0.2) is 18.2 Å². The Labute approximate surface area is 111 Å². The molecule has 0 radical (unpaired) electrons. The highest BCUT2D eigenvalue weighted by molar-refractivity contribution is 6.08. The maximum atomic E-state index is 13.7. The quantitative estimate of drug-likeness (QED) is 0.855. The molecule has 3 rings (SSSR count). The van der Waals surface area contributed by atoms with Crippen LogP contribution in [0.1, 0.15) is 41.7 Å². The van der Waals surface area contributed by atoms with Gasteiger partial charge in [-0.05, 0) is 25.8 Å². The van der Waals surface area contributed by atoms with Crippen LogP contribution in [0.5, 0.6) is 0 Å². The number of carbonyl (C=O) groups excluding carboxylic acids is 1. The van der Waals surface area contributed by atoms with Gasteiger partial charge >= 0.3 is 0 Å². The number of aromatic amines is 1. The van der Waals surface area contributed by atoms with Crippen molar-refractivity contribution in [2.75, 3.05) is 0 Å². The fraction of sp³-hybridized carbons (Fsp3) is 0.400. The van der Waals surface area contributed by atoms with Crippen molar-refractivity contribution in [2.45, 2.75) is 38.6 Å². The number of aryl methyl sites for hydroxylation is 1. The lowest BCUT2D eigenvalue weighted by Crippen LogP contribution is -2.32. The van der Waals surface area contributed by atoms with Crippen LogP contribution in [0.3, 0.4) is 0 Å². The lowest BCUT2D eigenvalue weighted by Gasteiger charge is -2.11. The molecule has 1 aliphatic carbocycles. The molecule has 1 fully saturated rings. The second-order valence-corrected chi connectivity index (χ2v) is 5.24. The van der Waals surface area contributed by atoms with Crippen LogP contribution in [-0.4, -0.2) is 16.9 Å². The van der Waals surface area contributed by atoms with Crippen LogP contribution in [0.25, 0.3) is 10.9 Å². The van der Waals surface area contributed by atoms with Gasteiger partial charge in [0.25, 0.3) is 5.91 Å². The van der Waals surface area contributed by atoms with Gasteiger partial charge in [0.2, 0.25) is 0 Å². The number of carbonyl (C=O) groups is 1. The van der Waals surface area contributed by atoms with Gasteiger partial charge in [-0.3, -0.25) is 4.79 Å². The van der Waals surface area contributed by atoms with Crippen LogP contribution in [0, 0.1) is 12.7 Å². The summed E-state index contributed by atoms with van der Waals surface area (Å²) in [6.07, 6.45) is 4.43. The van der Waals surface area contributed by atoms with Crippen molar-refractivity contribution in [1.82, 2.24) is 10.3 Å². The molecule has 1 aromatic carbocycles. The standard InChI is InChI=1S/C15H17FN2O/c1-9-13(15(19)18-10-5-2-3-6-10)11-7-4-8-12(16)14(11)17-9/h4,7-8,10,17H,2-3,5-6H2,1H3,(H,18,19). The van der Waals surface area contributed by atoms with Gasteiger partial charge in [-0.15, -0.1) is 0 Å². The highest BCUT2D eigenvalue weighted by atomic mass is 19.1. The van der Waals surface area contributed by atoms with Gasteiger partial charge in [0.15, 0.2) is 0 Å². The Balaban J connectivity index is 1.97. The van der Waals surface area contributed by atoms with Gasteiger partial charge in [0, 0.05) is 17.1 Å². The molecule has 3 nitrogen and oxygen atoms in total. The summed E-state index contributed by atoms with van der Waals surface area (Å²) in [6, 6.07) is 5.09. The highest BCUT2D eigenvalue weighted by Crippen LogP contribution is 2.25. The molecule has 0 saturated heterocycles. The second-order valence-electron chi connectivity index (χ2n) is 5.24. The molecule has 19 heavy (non-hydrogen) atoms. The molecule has 1 saturated carbocycles. The number of hydrogen-bond acceptors (Lipinski definition) is 1. The number of aromatic nitrogens is 1. The van der Waals surface area contributed by atoms with Crippen LogP contribution in [0.2, 0.25) is 0 Å². The van der Waals surface area contributed by atoms with Gasteiger partial charge in [-0.1, -0.05) is 25.0 Å². The molecule has 0 unspecified atom stereocenters. The summed E-state index contributed by atoms with van der Waals surface area (Å²) in [5.41, 5.74) is 1.70. The normalized spacial score (nSPS) is 16.1. The van der Waals surface area contributed by atoms with E-state index in [1.807, 2.05) is 6.92 Å². The number of para-hydroxylation sites is 1. The zero-order valence-corrected chi connectivity index (χ0v) is 10.9. The summed E-state index contributed by atoms with van der Waals surface area (Å²) >= 11 is 0. The predicted molar refractivity (Wildman–Crippen MR) is 72.7 cm³/mol. The van der Waals surface area contributed by atoms with E-state index in [9.17, 15) is 9.18 Å². The molecule has 1 amide bonds. The van der Waals surface area contributed by atoms with E-state index >= 15 is 0 Å². The molecule has 0 atom stereocenters. The summed E-state index contributed by atoms with van der Waals surface area (Å²) in [5.74, 6) is -0.415. The van der Waals surface area contributed by atoms with Crippen LogP contribution >= 0.6 is 0 Å². The molecule has 0 aliphatic heterocycles. The molecule has 2 N–H and O–H groups in total. The van der Waals surface area contributed by atoms with Crippen molar-refractivity contribution in [2.24, 2.45) is 0 Å². The average molecular weight is 260 g/mol. The van der Waals surface area contributed by atoms with Gasteiger partial charge < -0.3 is 10.3 Å². The SMILES string of the molecule is Cc1[nH]c2c(F)cccc2c1C(=O)NC1CCCC1. The van der Waals surface area contributed by atoms with Gasteiger partial charge in [0.05, 0.1) is 11.1 Å². The fourth-order valence-electron chi connectivity index (χ4n) is 2.93. The number of rotatable bonds is 2. The van der Waals surface area contributed by atoms with E-state index < -0.39 is 0 Å². The van der Waals surface area contributed by atoms with Crippen molar-refractivity contribution in [3.63, 3.8) is 0 Å². The number of H-pyrrole nitrogens is 1. The monoisotopic (exact) mass is 260 g/mol. The van der Waals surface area contributed by atoms with Crippen molar-refractivity contribution in [3.05, 3.63) is 35.3 Å². The lowest BCUT2D eigenvalue weighted by atomic mass is 10.1. The summed E-state index contributed by atoms with van der Waals surface area (Å²) < 4.78 is 13.7. The first-order chi connectivity index (χ1) is 9.16. The summed E-state index contributed by atoms with van der Waals surface area (Å²) in [5, 5.41) is 3.71. The van der Waals surface area contributed by atoms with E-state index in [4.69, 9.17) is 0 Å².